The number of amides is 1. The van der Waals surface area contributed by atoms with Gasteiger partial charge in [0.2, 0.25) is 0 Å². The molecule has 4 rings (SSSR count). The Balaban J connectivity index is 1.60. The Morgan fingerprint density at radius 2 is 1.78 bits per heavy atom. The van der Waals surface area contributed by atoms with Gasteiger partial charge in [0.25, 0.3) is 11.5 Å². The third kappa shape index (κ3) is 6.11. The second-order valence-corrected chi connectivity index (χ2v) is 9.38. The van der Waals surface area contributed by atoms with E-state index < -0.39 is 70.7 Å². The van der Waals surface area contributed by atoms with Crippen molar-refractivity contribution in [3.63, 3.8) is 0 Å². The first-order valence-corrected chi connectivity index (χ1v) is 11.6. The zero-order valence-corrected chi connectivity index (χ0v) is 21.0. The molecule has 220 valence electrons. The van der Waals surface area contributed by atoms with Crippen molar-refractivity contribution in [2.24, 2.45) is 5.16 Å². The maximum absolute atomic E-state index is 14.8. The Kier molecular flexibility index (Phi) is 7.52. The number of anilines is 1. The van der Waals surface area contributed by atoms with Crippen molar-refractivity contribution in [3.05, 3.63) is 81.4 Å². The normalized spacial score (nSPS) is 17.8. The Hall–Kier alpha value is -3.82. The van der Waals surface area contributed by atoms with E-state index in [-0.39, 0.29) is 34.5 Å². The summed E-state index contributed by atoms with van der Waals surface area (Å²) in [5.41, 5.74) is -7.12. The minimum absolute atomic E-state index is 0.0189. The molecular weight excluding hydrogens is 602 g/mol. The molecule has 1 N–H and O–H groups in total. The van der Waals surface area contributed by atoms with E-state index in [9.17, 15) is 48.7 Å². The van der Waals surface area contributed by atoms with Crippen LogP contribution >= 0.6 is 11.6 Å². The van der Waals surface area contributed by atoms with Crippen molar-refractivity contribution < 1.29 is 53.5 Å². The fraction of sp³-hybridized carbons (Fsp3) is 0.292. The number of halogens is 11. The first-order chi connectivity index (χ1) is 18.8. The molecule has 0 bridgehead atoms. The number of rotatable bonds is 5. The van der Waals surface area contributed by atoms with Gasteiger partial charge >= 0.3 is 18.5 Å². The van der Waals surface area contributed by atoms with Gasteiger partial charge in [0.1, 0.15) is 12.4 Å². The molecule has 1 aliphatic heterocycles. The molecule has 17 heteroatoms. The van der Waals surface area contributed by atoms with Gasteiger partial charge in [-0.1, -0.05) is 22.8 Å². The number of oxime groups is 1. The van der Waals surface area contributed by atoms with E-state index in [4.69, 9.17) is 11.6 Å². The maximum atomic E-state index is 14.8. The van der Waals surface area contributed by atoms with E-state index in [1.807, 2.05) is 0 Å². The molecule has 2 heterocycles. The van der Waals surface area contributed by atoms with Crippen molar-refractivity contribution in [1.29, 1.82) is 0 Å². The predicted molar refractivity (Wildman–Crippen MR) is 124 cm³/mol. The van der Waals surface area contributed by atoms with Gasteiger partial charge in [-0.15, -0.1) is 0 Å². The minimum atomic E-state index is -5.45. The number of carbonyl (C=O) groups is 1. The molecule has 41 heavy (non-hydrogen) atoms. The summed E-state index contributed by atoms with van der Waals surface area (Å²) < 4.78 is 135. The highest BCUT2D eigenvalue weighted by molar-refractivity contribution is 6.30. The van der Waals surface area contributed by atoms with Crippen LogP contribution in [0.3, 0.4) is 0 Å². The molecule has 2 aromatic carbocycles. The van der Waals surface area contributed by atoms with E-state index in [1.54, 1.807) is 0 Å². The number of aryl methyl sites for hydroxylation is 1. The van der Waals surface area contributed by atoms with Gasteiger partial charge in [0.05, 0.1) is 34.6 Å². The van der Waals surface area contributed by atoms with Crippen LogP contribution in [0.5, 0.6) is 0 Å². The van der Waals surface area contributed by atoms with Crippen molar-refractivity contribution in [2.75, 3.05) is 5.32 Å². The highest BCUT2D eigenvalue weighted by Crippen LogP contribution is 2.51. The van der Waals surface area contributed by atoms with Gasteiger partial charge in [-0.25, -0.2) is 4.39 Å². The van der Waals surface area contributed by atoms with E-state index in [0.717, 1.165) is 12.4 Å². The van der Waals surface area contributed by atoms with E-state index in [0.29, 0.717) is 4.68 Å². The first-order valence-electron chi connectivity index (χ1n) is 11.2. The maximum Gasteiger partial charge on any atom is 0.435 e. The van der Waals surface area contributed by atoms with Crippen LogP contribution in [0.4, 0.5) is 49.6 Å². The van der Waals surface area contributed by atoms with Gasteiger partial charge in [0, 0.05) is 17.3 Å². The molecule has 6 nitrogen and oxygen atoms in total. The van der Waals surface area contributed by atoms with Gasteiger partial charge in [-0.05, 0) is 42.3 Å². The van der Waals surface area contributed by atoms with Crippen LogP contribution in [0.15, 0.2) is 47.9 Å². The molecule has 3 aromatic rings. The van der Waals surface area contributed by atoms with Crippen LogP contribution in [-0.4, -0.2) is 33.8 Å². The third-order valence-corrected chi connectivity index (χ3v) is 6.29. The summed E-state index contributed by atoms with van der Waals surface area (Å²) in [4.78, 5) is 17.3. The summed E-state index contributed by atoms with van der Waals surface area (Å²) >= 11 is 5.50. The van der Waals surface area contributed by atoms with Crippen molar-refractivity contribution >= 4 is 28.9 Å². The molecule has 1 amide bonds. The number of alkyl halides is 9. The molecule has 0 unspecified atom stereocenters. The largest absolute Gasteiger partial charge is 0.435 e. The topological polar surface area (TPSA) is 68.5 Å². The zero-order valence-electron chi connectivity index (χ0n) is 20.3. The third-order valence-electron chi connectivity index (χ3n) is 6.01. The van der Waals surface area contributed by atoms with Crippen LogP contribution in [0.2, 0.25) is 5.02 Å². The Morgan fingerprint density at radius 3 is 2.37 bits per heavy atom. The monoisotopic (exact) mass is 616 g/mol. The average molecular weight is 617 g/mol. The van der Waals surface area contributed by atoms with Gasteiger partial charge < -0.3 is 10.2 Å². The van der Waals surface area contributed by atoms with Crippen LogP contribution < -0.4 is 5.32 Å². The second-order valence-electron chi connectivity index (χ2n) is 8.97. The SMILES string of the molecule is Cc1cc(C2=NO[C@](c3cc(C(F)(F)F)cc(Cl)c3F)(C(F)(F)F)C2)ccc1C(=O)Nc1cnn(CC(F)(F)F)c1. The Bertz CT molecular complexity index is 1530. The van der Waals surface area contributed by atoms with Crippen molar-refractivity contribution in [3.8, 4) is 0 Å². The number of benzene rings is 2. The fourth-order valence-corrected chi connectivity index (χ4v) is 4.30. The van der Waals surface area contributed by atoms with Crippen LogP contribution in [0.25, 0.3) is 0 Å². The highest BCUT2D eigenvalue weighted by Gasteiger charge is 2.64. The molecule has 0 aliphatic carbocycles. The average Bonchev–Trinajstić information content (AvgIpc) is 3.46. The second kappa shape index (κ2) is 10.2. The standard InChI is InChI=1S/C24H15ClF10N4O2/c1-11-4-12(2-3-15(11)20(40)37-14-8-36-39(9-14)10-22(27,28)29)18-7-21(41-38-18,24(33,34)35)16-5-13(23(30,31)32)6-17(25)19(16)26/h2-6,8-9H,7,10H2,1H3,(H,37,40)/t21-/m1/s1. The summed E-state index contributed by atoms with van der Waals surface area (Å²) in [6.45, 7) is 0.00190. The summed E-state index contributed by atoms with van der Waals surface area (Å²) in [6, 6.07) is 3.68. The molecular formula is C24H15ClF10N4O2. The Morgan fingerprint density at radius 1 is 1.10 bits per heavy atom. The minimum Gasteiger partial charge on any atom is -0.374 e. The van der Waals surface area contributed by atoms with Crippen molar-refractivity contribution in [2.45, 2.75) is 44.0 Å². The molecule has 0 saturated carbocycles. The Labute approximate surface area is 228 Å². The van der Waals surface area contributed by atoms with Crippen LogP contribution in [0.1, 0.15) is 39.0 Å². The molecule has 0 spiro atoms. The zero-order chi connectivity index (χ0) is 30.5. The van der Waals surface area contributed by atoms with Gasteiger partial charge in [-0.2, -0.15) is 44.6 Å². The molecule has 1 aliphatic rings. The first kappa shape index (κ1) is 30.1. The highest BCUT2D eigenvalue weighted by atomic mass is 35.5. The number of hydrogen-bond donors (Lipinski definition) is 1. The number of nitrogens with zero attached hydrogens (tertiary/aromatic N) is 3. The molecule has 1 atom stereocenters. The van der Waals surface area contributed by atoms with Gasteiger partial charge in [0.15, 0.2) is 0 Å². The van der Waals surface area contributed by atoms with Gasteiger partial charge in [-0.3, -0.25) is 9.48 Å². The lowest BCUT2D eigenvalue weighted by Crippen LogP contribution is -2.43. The molecule has 0 fully saturated rings. The summed E-state index contributed by atoms with van der Waals surface area (Å²) in [7, 11) is 0. The van der Waals surface area contributed by atoms with E-state index in [2.05, 4.69) is 20.4 Å². The molecule has 0 saturated heterocycles. The number of carbonyl (C=O) groups excluding carboxylic acids is 1. The fourth-order valence-electron chi connectivity index (χ4n) is 4.08. The lowest BCUT2D eigenvalue weighted by atomic mass is 9.85. The van der Waals surface area contributed by atoms with E-state index in [1.165, 1.54) is 25.1 Å². The van der Waals surface area contributed by atoms with Crippen molar-refractivity contribution in [1.82, 2.24) is 9.78 Å². The lowest BCUT2D eigenvalue weighted by molar-refractivity contribution is -0.276. The van der Waals surface area contributed by atoms with Crippen LogP contribution in [-0.2, 0) is 23.2 Å². The quantitative estimate of drug-likeness (QED) is 0.304. The predicted octanol–water partition coefficient (Wildman–Crippen LogP) is 7.40. The summed E-state index contributed by atoms with van der Waals surface area (Å²) in [5.74, 6) is -2.55. The van der Waals surface area contributed by atoms with Crippen LogP contribution in [0, 0.1) is 12.7 Å². The number of hydrogen-bond acceptors (Lipinski definition) is 4. The molecule has 0 radical (unpaired) electrons. The number of nitrogens with one attached hydrogen (secondary N) is 1. The summed E-state index contributed by atoms with van der Waals surface area (Å²) in [5, 5.41) is 8.01. The lowest BCUT2D eigenvalue weighted by Gasteiger charge is -2.30. The van der Waals surface area contributed by atoms with E-state index >= 15 is 0 Å². The summed E-state index contributed by atoms with van der Waals surface area (Å²) in [6.07, 6.45) is -14.4. The number of aromatic nitrogens is 2. The smallest absolute Gasteiger partial charge is 0.374 e. The molecule has 1 aromatic heterocycles.